The lowest BCUT2D eigenvalue weighted by Crippen LogP contribution is -2.43. The minimum atomic E-state index is -2.36. The van der Waals surface area contributed by atoms with Crippen molar-refractivity contribution in [1.29, 1.82) is 0 Å². The molecule has 2 rings (SSSR count). The van der Waals surface area contributed by atoms with Crippen LogP contribution in [0.25, 0.3) is 0 Å². The molecule has 0 unspecified atom stereocenters. The third kappa shape index (κ3) is 2.86. The van der Waals surface area contributed by atoms with Gasteiger partial charge < -0.3 is 10.2 Å². The number of nitrogens with zero attached hydrogens (tertiary/aromatic N) is 1. The molecule has 1 aromatic carbocycles. The molecule has 0 saturated carbocycles. The van der Waals surface area contributed by atoms with Crippen LogP contribution in [0.5, 0.6) is 0 Å². The second-order valence-corrected chi connectivity index (χ2v) is 4.62. The van der Waals surface area contributed by atoms with Crippen molar-refractivity contribution in [2.45, 2.75) is 10.7 Å². The fourth-order valence-corrected chi connectivity index (χ4v) is 2.49. The van der Waals surface area contributed by atoms with Gasteiger partial charge in [-0.15, -0.1) is 0 Å². The summed E-state index contributed by atoms with van der Waals surface area (Å²) in [6.07, 6.45) is 0. The van der Waals surface area contributed by atoms with Crippen LogP contribution in [-0.2, 0) is 0 Å². The van der Waals surface area contributed by atoms with E-state index in [1.165, 1.54) is 0 Å². The minimum Gasteiger partial charge on any atom is -0.368 e. The predicted octanol–water partition coefficient (Wildman–Crippen LogP) is 2.41. The second-order valence-electron chi connectivity index (χ2n) is 3.58. The van der Waals surface area contributed by atoms with E-state index in [0.717, 1.165) is 31.9 Å². The lowest BCUT2D eigenvalue weighted by atomic mass is 10.2. The third-order valence-corrected chi connectivity index (χ3v) is 3.32. The number of anilines is 1. The van der Waals surface area contributed by atoms with E-state index >= 15 is 0 Å². The van der Waals surface area contributed by atoms with Crippen molar-refractivity contribution >= 4 is 17.4 Å². The van der Waals surface area contributed by atoms with E-state index in [1.54, 1.807) is 12.1 Å². The Morgan fingerprint density at radius 3 is 2.56 bits per heavy atom. The SMILES string of the molecule is FC(F)Sc1ccccc1N1CCNCC1. The first-order valence-electron chi connectivity index (χ1n) is 5.27. The Labute approximate surface area is 98.0 Å². The molecule has 0 amide bonds. The van der Waals surface area contributed by atoms with Gasteiger partial charge in [0.05, 0.1) is 5.69 Å². The summed E-state index contributed by atoms with van der Waals surface area (Å²) in [6.45, 7) is 3.57. The van der Waals surface area contributed by atoms with Crippen LogP contribution in [0.15, 0.2) is 29.2 Å². The highest BCUT2D eigenvalue weighted by molar-refractivity contribution is 7.99. The Kier molecular flexibility index (Phi) is 4.01. The smallest absolute Gasteiger partial charge is 0.288 e. The summed E-state index contributed by atoms with van der Waals surface area (Å²) in [6, 6.07) is 7.37. The molecule has 5 heteroatoms. The lowest BCUT2D eigenvalue weighted by molar-refractivity contribution is 0.252. The first-order chi connectivity index (χ1) is 7.77. The van der Waals surface area contributed by atoms with E-state index in [9.17, 15) is 8.78 Å². The van der Waals surface area contributed by atoms with E-state index in [0.29, 0.717) is 16.7 Å². The summed E-state index contributed by atoms with van der Waals surface area (Å²) in [5.74, 6) is -2.36. The molecule has 1 saturated heterocycles. The number of thioether (sulfide) groups is 1. The predicted molar refractivity (Wildman–Crippen MR) is 63.4 cm³/mol. The van der Waals surface area contributed by atoms with Crippen molar-refractivity contribution in [2.75, 3.05) is 31.1 Å². The molecule has 0 radical (unpaired) electrons. The van der Waals surface area contributed by atoms with E-state index in [4.69, 9.17) is 0 Å². The standard InChI is InChI=1S/C11H14F2N2S/c12-11(13)16-10-4-2-1-3-9(10)15-7-5-14-6-8-15/h1-4,11,14H,5-8H2. The second kappa shape index (κ2) is 5.50. The Balaban J connectivity index is 2.17. The molecule has 16 heavy (non-hydrogen) atoms. The number of hydrogen-bond acceptors (Lipinski definition) is 3. The highest BCUT2D eigenvalue weighted by atomic mass is 32.2. The van der Waals surface area contributed by atoms with Crippen molar-refractivity contribution < 1.29 is 8.78 Å². The Hall–Kier alpha value is -0.810. The summed E-state index contributed by atoms with van der Waals surface area (Å²) in [7, 11) is 0. The molecular formula is C11H14F2N2S. The molecule has 0 aliphatic carbocycles. The molecule has 0 aromatic heterocycles. The number of benzene rings is 1. The molecule has 1 aromatic rings. The normalized spacial score (nSPS) is 16.8. The van der Waals surface area contributed by atoms with Gasteiger partial charge in [-0.2, -0.15) is 8.78 Å². The molecule has 1 aliphatic rings. The molecule has 1 heterocycles. The van der Waals surface area contributed by atoms with Gasteiger partial charge in [-0.3, -0.25) is 0 Å². The summed E-state index contributed by atoms with van der Waals surface area (Å²) in [5.41, 5.74) is 0.925. The van der Waals surface area contributed by atoms with Gasteiger partial charge in [0, 0.05) is 31.1 Å². The van der Waals surface area contributed by atoms with Gasteiger partial charge in [-0.1, -0.05) is 23.9 Å². The molecule has 1 aliphatic heterocycles. The number of piperazine rings is 1. The Morgan fingerprint density at radius 2 is 1.88 bits per heavy atom. The highest BCUT2D eigenvalue weighted by Crippen LogP contribution is 2.33. The van der Waals surface area contributed by atoms with Crippen LogP contribution in [-0.4, -0.2) is 31.9 Å². The quantitative estimate of drug-likeness (QED) is 0.822. The van der Waals surface area contributed by atoms with Crippen molar-refractivity contribution in [2.24, 2.45) is 0 Å². The van der Waals surface area contributed by atoms with Gasteiger partial charge >= 0.3 is 0 Å². The zero-order valence-electron chi connectivity index (χ0n) is 8.83. The van der Waals surface area contributed by atoms with E-state index in [-0.39, 0.29) is 0 Å². The van der Waals surface area contributed by atoms with Crippen LogP contribution in [0, 0.1) is 0 Å². The first kappa shape index (κ1) is 11.7. The van der Waals surface area contributed by atoms with Crippen molar-refractivity contribution in [3.05, 3.63) is 24.3 Å². The summed E-state index contributed by atoms with van der Waals surface area (Å²) >= 11 is 0.623. The van der Waals surface area contributed by atoms with Gasteiger partial charge in [-0.25, -0.2) is 0 Å². The van der Waals surface area contributed by atoms with Crippen LogP contribution >= 0.6 is 11.8 Å². The van der Waals surface area contributed by atoms with E-state index in [1.807, 2.05) is 12.1 Å². The maximum atomic E-state index is 12.4. The van der Waals surface area contributed by atoms with Crippen LogP contribution in [0.4, 0.5) is 14.5 Å². The average Bonchev–Trinajstić information content (AvgIpc) is 2.30. The number of hydrogen-bond donors (Lipinski definition) is 1. The number of halogens is 2. The summed E-state index contributed by atoms with van der Waals surface area (Å²) in [4.78, 5) is 2.82. The minimum absolute atomic E-state index is 0.623. The Bertz CT molecular complexity index is 341. The van der Waals surface area contributed by atoms with Crippen LogP contribution in [0.3, 0.4) is 0 Å². The topological polar surface area (TPSA) is 15.3 Å². The average molecular weight is 244 g/mol. The van der Waals surface area contributed by atoms with Crippen molar-refractivity contribution in [1.82, 2.24) is 5.32 Å². The van der Waals surface area contributed by atoms with Gasteiger partial charge in [0.25, 0.3) is 5.76 Å². The van der Waals surface area contributed by atoms with Gasteiger partial charge in [0.2, 0.25) is 0 Å². The number of nitrogens with one attached hydrogen (secondary N) is 1. The summed E-state index contributed by atoms with van der Waals surface area (Å²) in [5, 5.41) is 3.25. The molecule has 1 N–H and O–H groups in total. The van der Waals surface area contributed by atoms with E-state index in [2.05, 4.69) is 10.2 Å². The van der Waals surface area contributed by atoms with Gasteiger partial charge in [0.1, 0.15) is 0 Å². The molecule has 0 atom stereocenters. The number of alkyl halides is 2. The zero-order valence-corrected chi connectivity index (χ0v) is 9.64. The maximum Gasteiger partial charge on any atom is 0.288 e. The van der Waals surface area contributed by atoms with Crippen LogP contribution in [0.1, 0.15) is 0 Å². The molecule has 2 nitrogen and oxygen atoms in total. The fraction of sp³-hybridized carbons (Fsp3) is 0.455. The monoisotopic (exact) mass is 244 g/mol. The number of para-hydroxylation sites is 1. The highest BCUT2D eigenvalue weighted by Gasteiger charge is 2.16. The molecule has 0 spiro atoms. The van der Waals surface area contributed by atoms with Crippen LogP contribution < -0.4 is 10.2 Å². The Morgan fingerprint density at radius 1 is 1.19 bits per heavy atom. The van der Waals surface area contributed by atoms with Gasteiger partial charge in [-0.05, 0) is 12.1 Å². The molecule has 88 valence electrons. The third-order valence-electron chi connectivity index (χ3n) is 2.54. The zero-order chi connectivity index (χ0) is 11.4. The largest absolute Gasteiger partial charge is 0.368 e. The molecule has 0 bridgehead atoms. The summed E-state index contributed by atoms with van der Waals surface area (Å²) < 4.78 is 24.8. The van der Waals surface area contributed by atoms with Crippen molar-refractivity contribution in [3.8, 4) is 0 Å². The number of rotatable bonds is 3. The molecular weight excluding hydrogens is 230 g/mol. The van der Waals surface area contributed by atoms with Gasteiger partial charge in [0.15, 0.2) is 0 Å². The molecule has 1 fully saturated rings. The van der Waals surface area contributed by atoms with Crippen molar-refractivity contribution in [3.63, 3.8) is 0 Å². The first-order valence-corrected chi connectivity index (χ1v) is 6.15. The van der Waals surface area contributed by atoms with Crippen LogP contribution in [0.2, 0.25) is 0 Å². The van der Waals surface area contributed by atoms with E-state index < -0.39 is 5.76 Å². The lowest BCUT2D eigenvalue weighted by Gasteiger charge is -2.30. The fourth-order valence-electron chi connectivity index (χ4n) is 1.82. The maximum absolute atomic E-state index is 12.4.